The second kappa shape index (κ2) is 12.7. The number of nitrogens with zero attached hydrogens (tertiary/aromatic N) is 3. The van der Waals surface area contributed by atoms with E-state index >= 15 is 0 Å². The van der Waals surface area contributed by atoms with Gasteiger partial charge in [-0.3, -0.25) is 0 Å². The summed E-state index contributed by atoms with van der Waals surface area (Å²) in [5, 5.41) is 6.57. The van der Waals surface area contributed by atoms with Gasteiger partial charge < -0.3 is 19.9 Å². The van der Waals surface area contributed by atoms with Crippen molar-refractivity contribution >= 4 is 29.9 Å². The van der Waals surface area contributed by atoms with Crippen LogP contribution in [0, 0.1) is 0 Å². The number of imidazole rings is 1. The second-order valence-corrected chi connectivity index (χ2v) is 5.52. The summed E-state index contributed by atoms with van der Waals surface area (Å²) in [6, 6.07) is 8.54. The standard InChI is InChI=1S/C18H27N5O.HI/c1-3-20-18(21-9-4-12-24-2)22-13-16-5-7-17(8-6-16)14-23-11-10-19-15-23;/h5-8,10-11,15H,3-4,9,12-14H2,1-2H3,(H2,20,21,22);1H. The lowest BCUT2D eigenvalue weighted by Crippen LogP contribution is -2.38. The van der Waals surface area contributed by atoms with Crippen LogP contribution in [0.25, 0.3) is 0 Å². The Morgan fingerprint density at radius 2 is 1.96 bits per heavy atom. The minimum atomic E-state index is 0. The first kappa shape index (κ1) is 21.4. The smallest absolute Gasteiger partial charge is 0.191 e. The highest BCUT2D eigenvalue weighted by atomic mass is 127. The Kier molecular flexibility index (Phi) is 10.9. The van der Waals surface area contributed by atoms with Crippen LogP contribution in [0.3, 0.4) is 0 Å². The number of methoxy groups -OCH3 is 1. The fourth-order valence-electron chi connectivity index (χ4n) is 2.28. The molecule has 6 nitrogen and oxygen atoms in total. The van der Waals surface area contributed by atoms with Crippen LogP contribution in [0.2, 0.25) is 0 Å². The zero-order valence-electron chi connectivity index (χ0n) is 14.9. The lowest BCUT2D eigenvalue weighted by molar-refractivity contribution is 0.195. The predicted octanol–water partition coefficient (Wildman–Crippen LogP) is 2.64. The molecule has 0 spiro atoms. The molecule has 2 N–H and O–H groups in total. The Hall–Kier alpha value is -1.61. The highest BCUT2D eigenvalue weighted by Crippen LogP contribution is 2.07. The molecule has 2 rings (SSSR count). The van der Waals surface area contributed by atoms with Crippen LogP contribution in [0.4, 0.5) is 0 Å². The summed E-state index contributed by atoms with van der Waals surface area (Å²) < 4.78 is 7.11. The van der Waals surface area contributed by atoms with E-state index in [9.17, 15) is 0 Å². The highest BCUT2D eigenvalue weighted by Gasteiger charge is 1.99. The molecule has 1 aromatic heterocycles. The van der Waals surface area contributed by atoms with Gasteiger partial charge in [-0.2, -0.15) is 0 Å². The molecule has 2 aromatic rings. The zero-order chi connectivity index (χ0) is 17.0. The van der Waals surface area contributed by atoms with Gasteiger partial charge in [0.05, 0.1) is 12.9 Å². The van der Waals surface area contributed by atoms with Gasteiger partial charge >= 0.3 is 0 Å². The number of hydrogen-bond acceptors (Lipinski definition) is 3. The van der Waals surface area contributed by atoms with E-state index < -0.39 is 0 Å². The van der Waals surface area contributed by atoms with Crippen LogP contribution in [-0.4, -0.2) is 42.3 Å². The molecule has 1 aromatic carbocycles. The number of halogens is 1. The van der Waals surface area contributed by atoms with Crippen molar-refractivity contribution in [1.82, 2.24) is 20.2 Å². The monoisotopic (exact) mass is 457 g/mol. The van der Waals surface area contributed by atoms with Crippen molar-refractivity contribution in [3.05, 3.63) is 54.1 Å². The maximum Gasteiger partial charge on any atom is 0.191 e. The van der Waals surface area contributed by atoms with E-state index in [1.165, 1.54) is 11.1 Å². The van der Waals surface area contributed by atoms with Crippen LogP contribution in [0.5, 0.6) is 0 Å². The first-order chi connectivity index (χ1) is 11.8. The maximum atomic E-state index is 5.06. The molecular weight excluding hydrogens is 429 g/mol. The molecule has 25 heavy (non-hydrogen) atoms. The van der Waals surface area contributed by atoms with Gasteiger partial charge in [-0.25, -0.2) is 9.98 Å². The number of aromatic nitrogens is 2. The molecule has 0 fully saturated rings. The number of guanidine groups is 1. The van der Waals surface area contributed by atoms with E-state index in [1.807, 2.05) is 12.5 Å². The topological polar surface area (TPSA) is 63.5 Å². The van der Waals surface area contributed by atoms with Crippen molar-refractivity contribution in [3.63, 3.8) is 0 Å². The number of rotatable bonds is 9. The van der Waals surface area contributed by atoms with E-state index in [0.29, 0.717) is 6.54 Å². The van der Waals surface area contributed by atoms with E-state index in [2.05, 4.69) is 56.4 Å². The molecule has 7 heteroatoms. The Balaban J connectivity index is 0.00000312. The second-order valence-electron chi connectivity index (χ2n) is 5.52. The third-order valence-electron chi connectivity index (χ3n) is 3.53. The number of hydrogen-bond donors (Lipinski definition) is 2. The summed E-state index contributed by atoms with van der Waals surface area (Å²) in [6.45, 7) is 6.02. The maximum absolute atomic E-state index is 5.06. The fraction of sp³-hybridized carbons (Fsp3) is 0.444. The normalized spacial score (nSPS) is 11.0. The van der Waals surface area contributed by atoms with Gasteiger partial charge in [-0.1, -0.05) is 24.3 Å². The van der Waals surface area contributed by atoms with Crippen LogP contribution < -0.4 is 10.6 Å². The van der Waals surface area contributed by atoms with Gasteiger partial charge in [-0.05, 0) is 24.5 Å². The minimum Gasteiger partial charge on any atom is -0.385 e. The molecule has 0 bridgehead atoms. The summed E-state index contributed by atoms with van der Waals surface area (Å²) in [6.07, 6.45) is 6.56. The minimum absolute atomic E-state index is 0. The average molecular weight is 457 g/mol. The van der Waals surface area contributed by atoms with Crippen molar-refractivity contribution in [2.45, 2.75) is 26.4 Å². The molecule has 0 aliphatic rings. The zero-order valence-corrected chi connectivity index (χ0v) is 17.3. The number of aliphatic imine (C=N–C) groups is 1. The van der Waals surface area contributed by atoms with Gasteiger partial charge in [0.2, 0.25) is 0 Å². The molecule has 0 unspecified atom stereocenters. The number of benzene rings is 1. The molecule has 138 valence electrons. The van der Waals surface area contributed by atoms with Gasteiger partial charge in [-0.15, -0.1) is 24.0 Å². The molecule has 1 heterocycles. The van der Waals surface area contributed by atoms with Gasteiger partial charge in [0.25, 0.3) is 0 Å². The Bertz CT molecular complexity index is 598. The molecule has 0 radical (unpaired) electrons. The van der Waals surface area contributed by atoms with Crippen molar-refractivity contribution in [2.24, 2.45) is 4.99 Å². The summed E-state index contributed by atoms with van der Waals surface area (Å²) in [5.41, 5.74) is 2.45. The fourth-order valence-corrected chi connectivity index (χ4v) is 2.28. The third-order valence-corrected chi connectivity index (χ3v) is 3.53. The molecule has 0 atom stereocenters. The van der Waals surface area contributed by atoms with Crippen LogP contribution in [-0.2, 0) is 17.8 Å². The Morgan fingerprint density at radius 3 is 2.60 bits per heavy atom. The molecule has 0 aliphatic carbocycles. The summed E-state index contributed by atoms with van der Waals surface area (Å²) >= 11 is 0. The molecule has 0 aliphatic heterocycles. The average Bonchev–Trinajstić information content (AvgIpc) is 3.11. The van der Waals surface area contributed by atoms with Crippen molar-refractivity contribution in [3.8, 4) is 0 Å². The van der Waals surface area contributed by atoms with E-state index in [1.54, 1.807) is 13.3 Å². The lowest BCUT2D eigenvalue weighted by Gasteiger charge is -2.11. The number of ether oxygens (including phenoxy) is 1. The highest BCUT2D eigenvalue weighted by molar-refractivity contribution is 14.0. The largest absolute Gasteiger partial charge is 0.385 e. The van der Waals surface area contributed by atoms with Crippen molar-refractivity contribution in [2.75, 3.05) is 26.8 Å². The molecule has 0 saturated carbocycles. The quantitative estimate of drug-likeness (QED) is 0.263. The first-order valence-electron chi connectivity index (χ1n) is 8.36. The molecule has 0 saturated heterocycles. The van der Waals surface area contributed by atoms with E-state index in [-0.39, 0.29) is 24.0 Å². The van der Waals surface area contributed by atoms with Gasteiger partial charge in [0, 0.05) is 45.7 Å². The van der Waals surface area contributed by atoms with Crippen molar-refractivity contribution in [1.29, 1.82) is 0 Å². The molecular formula is C18H28IN5O. The first-order valence-corrected chi connectivity index (χ1v) is 8.36. The van der Waals surface area contributed by atoms with Crippen LogP contribution in [0.1, 0.15) is 24.5 Å². The van der Waals surface area contributed by atoms with Crippen LogP contribution in [0.15, 0.2) is 48.0 Å². The SMILES string of the molecule is CCNC(=NCc1ccc(Cn2ccnc2)cc1)NCCCOC.I. The summed E-state index contributed by atoms with van der Waals surface area (Å²) in [7, 11) is 1.72. The van der Waals surface area contributed by atoms with E-state index in [4.69, 9.17) is 4.74 Å². The van der Waals surface area contributed by atoms with Gasteiger partial charge in [0.1, 0.15) is 0 Å². The molecule has 0 amide bonds. The van der Waals surface area contributed by atoms with E-state index in [0.717, 1.165) is 38.6 Å². The predicted molar refractivity (Wildman–Crippen MR) is 112 cm³/mol. The van der Waals surface area contributed by atoms with Crippen molar-refractivity contribution < 1.29 is 4.74 Å². The Morgan fingerprint density at radius 1 is 1.20 bits per heavy atom. The van der Waals surface area contributed by atoms with Crippen LogP contribution >= 0.6 is 24.0 Å². The Labute approximate surface area is 167 Å². The number of nitrogens with one attached hydrogen (secondary N) is 2. The summed E-state index contributed by atoms with van der Waals surface area (Å²) in [5.74, 6) is 0.844. The third kappa shape index (κ3) is 8.35. The van der Waals surface area contributed by atoms with Gasteiger partial charge in [0.15, 0.2) is 5.96 Å². The lowest BCUT2D eigenvalue weighted by atomic mass is 10.1. The summed E-state index contributed by atoms with van der Waals surface area (Å²) in [4.78, 5) is 8.69.